The van der Waals surface area contributed by atoms with E-state index in [9.17, 15) is 4.79 Å². The number of anilines is 1. The van der Waals surface area contributed by atoms with Crippen LogP contribution in [0.4, 0.5) is 5.69 Å². The highest BCUT2D eigenvalue weighted by molar-refractivity contribution is 5.98. The van der Waals surface area contributed by atoms with Crippen molar-refractivity contribution in [2.75, 3.05) is 11.4 Å². The van der Waals surface area contributed by atoms with Gasteiger partial charge in [-0.15, -0.1) is 0 Å². The molecule has 1 unspecified atom stereocenters. The second-order valence-electron chi connectivity index (χ2n) is 4.83. The molecule has 0 aromatic carbocycles. The molecule has 3 heterocycles. The number of rotatable bonds is 2. The summed E-state index contributed by atoms with van der Waals surface area (Å²) in [6.45, 7) is 2.70. The highest BCUT2D eigenvalue weighted by Gasteiger charge is 2.28. The third-order valence-corrected chi connectivity index (χ3v) is 3.64. The number of hydrogen-bond acceptors (Lipinski definition) is 3. The van der Waals surface area contributed by atoms with Crippen molar-refractivity contribution >= 4 is 11.6 Å². The Morgan fingerprint density at radius 1 is 1.42 bits per heavy atom. The van der Waals surface area contributed by atoms with Crippen molar-refractivity contribution in [1.82, 2.24) is 15.2 Å². The van der Waals surface area contributed by atoms with Gasteiger partial charge in [-0.3, -0.25) is 14.9 Å². The molecule has 0 spiro atoms. The molecule has 1 atom stereocenters. The summed E-state index contributed by atoms with van der Waals surface area (Å²) < 4.78 is 0. The first-order valence-corrected chi connectivity index (χ1v) is 6.51. The van der Waals surface area contributed by atoms with Crippen molar-refractivity contribution in [3.63, 3.8) is 0 Å². The summed E-state index contributed by atoms with van der Waals surface area (Å²) in [5.41, 5.74) is 2.98. The number of hydrogen-bond donors (Lipinski definition) is 1. The average Bonchev–Trinajstić information content (AvgIpc) is 2.95. The molecule has 1 N–H and O–H groups in total. The summed E-state index contributed by atoms with van der Waals surface area (Å²) in [4.78, 5) is 18.5. The van der Waals surface area contributed by atoms with E-state index in [-0.39, 0.29) is 11.8 Å². The number of fused-ring (bicyclic) bond motifs is 1. The minimum atomic E-state index is -0.163. The van der Waals surface area contributed by atoms with E-state index in [1.807, 2.05) is 24.0 Å². The fourth-order valence-corrected chi connectivity index (χ4v) is 2.51. The van der Waals surface area contributed by atoms with Crippen LogP contribution in [0, 0.1) is 0 Å². The van der Waals surface area contributed by atoms with E-state index in [2.05, 4.69) is 15.2 Å². The van der Waals surface area contributed by atoms with E-state index >= 15 is 0 Å². The van der Waals surface area contributed by atoms with Crippen LogP contribution in [0.2, 0.25) is 0 Å². The maximum Gasteiger partial charge on any atom is 0.234 e. The van der Waals surface area contributed by atoms with Crippen LogP contribution in [0.15, 0.2) is 30.7 Å². The molecule has 0 radical (unpaired) electrons. The van der Waals surface area contributed by atoms with Crippen LogP contribution in [0.3, 0.4) is 0 Å². The van der Waals surface area contributed by atoms with Crippen LogP contribution in [0.25, 0.3) is 0 Å². The van der Waals surface area contributed by atoms with Crippen LogP contribution in [-0.2, 0) is 11.2 Å². The van der Waals surface area contributed by atoms with Gasteiger partial charge in [0.2, 0.25) is 5.91 Å². The molecule has 0 aliphatic carbocycles. The lowest BCUT2D eigenvalue weighted by Crippen LogP contribution is -2.37. The summed E-state index contributed by atoms with van der Waals surface area (Å²) in [6.07, 6.45) is 7.12. The minimum Gasteiger partial charge on any atom is -0.309 e. The number of H-pyrrole nitrogens is 1. The van der Waals surface area contributed by atoms with Crippen molar-refractivity contribution in [2.24, 2.45) is 0 Å². The number of aromatic amines is 1. The molecule has 2 aromatic rings. The third-order valence-electron chi connectivity index (χ3n) is 3.64. The van der Waals surface area contributed by atoms with E-state index in [0.717, 1.165) is 36.3 Å². The number of carbonyl (C=O) groups excluding carboxylic acids is 1. The molecule has 0 saturated heterocycles. The van der Waals surface area contributed by atoms with Gasteiger partial charge in [-0.1, -0.05) is 0 Å². The van der Waals surface area contributed by atoms with E-state index in [4.69, 9.17) is 0 Å². The quantitative estimate of drug-likeness (QED) is 0.892. The first-order valence-electron chi connectivity index (χ1n) is 6.51. The van der Waals surface area contributed by atoms with Gasteiger partial charge in [0.15, 0.2) is 0 Å². The number of aromatic nitrogens is 3. The van der Waals surface area contributed by atoms with Gasteiger partial charge in [0, 0.05) is 18.9 Å². The molecule has 19 heavy (non-hydrogen) atoms. The van der Waals surface area contributed by atoms with Crippen LogP contribution >= 0.6 is 0 Å². The van der Waals surface area contributed by atoms with Gasteiger partial charge in [-0.05, 0) is 37.5 Å². The normalized spacial score (nSPS) is 15.9. The Hall–Kier alpha value is -2.17. The summed E-state index contributed by atoms with van der Waals surface area (Å²) in [7, 11) is 0. The van der Waals surface area contributed by atoms with Crippen molar-refractivity contribution in [1.29, 1.82) is 0 Å². The zero-order valence-electron chi connectivity index (χ0n) is 10.8. The molecule has 5 nitrogen and oxygen atoms in total. The molecule has 1 amide bonds. The van der Waals surface area contributed by atoms with E-state index < -0.39 is 0 Å². The van der Waals surface area contributed by atoms with Crippen LogP contribution in [0.1, 0.15) is 30.5 Å². The monoisotopic (exact) mass is 256 g/mol. The highest BCUT2D eigenvalue weighted by Crippen LogP contribution is 2.28. The topological polar surface area (TPSA) is 61.9 Å². The maximum absolute atomic E-state index is 12.6. The van der Waals surface area contributed by atoms with Gasteiger partial charge in [0.1, 0.15) is 0 Å². The van der Waals surface area contributed by atoms with Crippen LogP contribution in [-0.4, -0.2) is 27.6 Å². The first kappa shape index (κ1) is 11.9. The Kier molecular flexibility index (Phi) is 3.03. The molecule has 1 aliphatic rings. The average molecular weight is 256 g/mol. The Morgan fingerprint density at radius 3 is 3.00 bits per heavy atom. The largest absolute Gasteiger partial charge is 0.309 e. The number of aryl methyl sites for hydroxylation is 1. The summed E-state index contributed by atoms with van der Waals surface area (Å²) in [6, 6.07) is 3.78. The van der Waals surface area contributed by atoms with Crippen molar-refractivity contribution < 1.29 is 4.79 Å². The highest BCUT2D eigenvalue weighted by atomic mass is 16.2. The standard InChI is InChI=1S/C14H16N4O/c1-10(11-4-6-15-7-5-11)14(19)18-8-2-3-12-13(18)9-16-17-12/h4-7,9-10H,2-3,8H2,1H3,(H,16,17). The summed E-state index contributed by atoms with van der Waals surface area (Å²) >= 11 is 0. The molecular weight excluding hydrogens is 240 g/mol. The van der Waals surface area contributed by atoms with E-state index in [1.165, 1.54) is 0 Å². The van der Waals surface area contributed by atoms with Crippen molar-refractivity contribution in [3.05, 3.63) is 42.0 Å². The second-order valence-corrected chi connectivity index (χ2v) is 4.83. The second kappa shape index (κ2) is 4.84. The zero-order valence-corrected chi connectivity index (χ0v) is 10.8. The van der Waals surface area contributed by atoms with Gasteiger partial charge < -0.3 is 4.90 Å². The van der Waals surface area contributed by atoms with Crippen molar-refractivity contribution in [3.8, 4) is 0 Å². The third kappa shape index (κ3) is 2.12. The van der Waals surface area contributed by atoms with Gasteiger partial charge in [-0.2, -0.15) is 5.10 Å². The molecule has 3 rings (SSSR count). The summed E-state index contributed by atoms with van der Waals surface area (Å²) in [5.74, 6) is -0.0441. The van der Waals surface area contributed by atoms with E-state index in [0.29, 0.717) is 0 Å². The Labute approximate surface area is 111 Å². The van der Waals surface area contributed by atoms with Gasteiger partial charge in [0.25, 0.3) is 0 Å². The number of nitrogens with zero attached hydrogens (tertiary/aromatic N) is 3. The lowest BCUT2D eigenvalue weighted by Gasteiger charge is -2.28. The zero-order chi connectivity index (χ0) is 13.2. The molecule has 98 valence electrons. The van der Waals surface area contributed by atoms with Gasteiger partial charge in [0.05, 0.1) is 23.5 Å². The van der Waals surface area contributed by atoms with Crippen molar-refractivity contribution in [2.45, 2.75) is 25.7 Å². The molecule has 1 aliphatic heterocycles. The van der Waals surface area contributed by atoms with E-state index in [1.54, 1.807) is 18.6 Å². The Balaban J connectivity index is 1.86. The minimum absolute atomic E-state index is 0.119. The smallest absolute Gasteiger partial charge is 0.234 e. The fraction of sp³-hybridized carbons (Fsp3) is 0.357. The Morgan fingerprint density at radius 2 is 2.21 bits per heavy atom. The molecule has 2 aromatic heterocycles. The molecule has 0 saturated carbocycles. The number of carbonyl (C=O) groups is 1. The van der Waals surface area contributed by atoms with Gasteiger partial charge in [-0.25, -0.2) is 0 Å². The first-order chi connectivity index (χ1) is 9.27. The fourth-order valence-electron chi connectivity index (χ4n) is 2.51. The van der Waals surface area contributed by atoms with Crippen LogP contribution < -0.4 is 4.90 Å². The predicted molar refractivity (Wildman–Crippen MR) is 71.9 cm³/mol. The van der Waals surface area contributed by atoms with Crippen LogP contribution in [0.5, 0.6) is 0 Å². The maximum atomic E-state index is 12.6. The lowest BCUT2D eigenvalue weighted by atomic mass is 9.99. The summed E-state index contributed by atoms with van der Waals surface area (Å²) in [5, 5.41) is 7.01. The number of nitrogens with one attached hydrogen (secondary N) is 1. The SMILES string of the molecule is CC(C(=O)N1CCCc2[nH]ncc21)c1ccncc1. The Bertz CT molecular complexity index is 578. The number of pyridine rings is 1. The lowest BCUT2D eigenvalue weighted by molar-refractivity contribution is -0.119. The molecule has 5 heteroatoms. The number of amides is 1. The molecule has 0 fully saturated rings. The molecule has 0 bridgehead atoms. The van der Waals surface area contributed by atoms with Gasteiger partial charge >= 0.3 is 0 Å². The predicted octanol–water partition coefficient (Wildman–Crippen LogP) is 1.89. The molecular formula is C14H16N4O.